The third-order valence-corrected chi connectivity index (χ3v) is 1.89. The van der Waals surface area contributed by atoms with Crippen LogP contribution in [0.25, 0.3) is 5.65 Å². The van der Waals surface area contributed by atoms with Gasteiger partial charge in [0.25, 0.3) is 0 Å². The molecule has 2 heterocycles. The molecule has 0 spiro atoms. The van der Waals surface area contributed by atoms with Crippen LogP contribution < -0.4 is 5.46 Å². The zero-order chi connectivity index (χ0) is 9.42. The fraction of sp³-hybridized carbons (Fsp3) is 0.143. The Hall–Kier alpha value is -1.40. The summed E-state index contributed by atoms with van der Waals surface area (Å²) in [5.41, 5.74) is 1.12. The van der Waals surface area contributed by atoms with Crippen molar-refractivity contribution >= 4 is 18.2 Å². The Morgan fingerprint density at radius 3 is 2.77 bits per heavy atom. The number of aryl methyl sites for hydroxylation is 1. The molecular formula is C7H8BN3O2. The van der Waals surface area contributed by atoms with Crippen molar-refractivity contribution in [2.75, 3.05) is 0 Å². The fourth-order valence-corrected chi connectivity index (χ4v) is 1.17. The molecule has 13 heavy (non-hydrogen) atoms. The third kappa shape index (κ3) is 1.30. The largest absolute Gasteiger partial charge is 0.489 e. The van der Waals surface area contributed by atoms with Crippen molar-refractivity contribution in [1.29, 1.82) is 0 Å². The summed E-state index contributed by atoms with van der Waals surface area (Å²) in [4.78, 5) is 0. The highest BCUT2D eigenvalue weighted by molar-refractivity contribution is 6.58. The standard InChI is InChI=1S/C7H8BN3O2/c1-5-9-10-7-3-2-6(8(12)13)4-11(5)7/h2-4,12-13H,1H3. The molecule has 2 aromatic rings. The molecule has 0 aliphatic rings. The van der Waals surface area contributed by atoms with E-state index in [9.17, 15) is 0 Å². The van der Waals surface area contributed by atoms with E-state index in [1.165, 1.54) is 0 Å². The Labute approximate surface area is 74.8 Å². The molecule has 0 saturated carbocycles. The minimum Gasteiger partial charge on any atom is -0.423 e. The molecule has 0 amide bonds. The lowest BCUT2D eigenvalue weighted by Crippen LogP contribution is -2.30. The second-order valence-corrected chi connectivity index (χ2v) is 2.81. The van der Waals surface area contributed by atoms with Crippen LogP contribution in [0.1, 0.15) is 5.82 Å². The average molecular weight is 177 g/mol. The van der Waals surface area contributed by atoms with Crippen molar-refractivity contribution in [3.05, 3.63) is 24.2 Å². The van der Waals surface area contributed by atoms with Crippen LogP contribution in [0.2, 0.25) is 0 Å². The van der Waals surface area contributed by atoms with Crippen LogP contribution in [0, 0.1) is 6.92 Å². The van der Waals surface area contributed by atoms with Gasteiger partial charge in [0.1, 0.15) is 5.82 Å². The quantitative estimate of drug-likeness (QED) is 0.532. The summed E-state index contributed by atoms with van der Waals surface area (Å²) in [5, 5.41) is 25.5. The molecule has 66 valence electrons. The summed E-state index contributed by atoms with van der Waals surface area (Å²) < 4.78 is 1.70. The van der Waals surface area contributed by atoms with Crippen molar-refractivity contribution < 1.29 is 10.0 Å². The van der Waals surface area contributed by atoms with Gasteiger partial charge in [-0.2, -0.15) is 0 Å². The summed E-state index contributed by atoms with van der Waals surface area (Å²) in [6.07, 6.45) is 1.61. The maximum Gasteiger partial charge on any atom is 0.489 e. The van der Waals surface area contributed by atoms with Gasteiger partial charge in [0.2, 0.25) is 0 Å². The van der Waals surface area contributed by atoms with E-state index in [0.29, 0.717) is 11.1 Å². The molecule has 0 aliphatic carbocycles. The Balaban J connectivity index is 2.66. The normalized spacial score (nSPS) is 10.7. The van der Waals surface area contributed by atoms with Crippen LogP contribution in [-0.2, 0) is 0 Å². The second kappa shape index (κ2) is 2.83. The van der Waals surface area contributed by atoms with Gasteiger partial charge in [0, 0.05) is 6.20 Å². The average Bonchev–Trinajstić information content (AvgIpc) is 2.47. The SMILES string of the molecule is Cc1nnc2ccc(B(O)O)cn12. The third-order valence-electron chi connectivity index (χ3n) is 1.89. The predicted molar refractivity (Wildman–Crippen MR) is 47.5 cm³/mol. The molecule has 0 aromatic carbocycles. The maximum atomic E-state index is 8.91. The van der Waals surface area contributed by atoms with Gasteiger partial charge in [-0.1, -0.05) is 6.07 Å². The van der Waals surface area contributed by atoms with Crippen molar-refractivity contribution in [1.82, 2.24) is 14.6 Å². The highest BCUT2D eigenvalue weighted by atomic mass is 16.4. The first-order chi connectivity index (χ1) is 6.18. The first kappa shape index (κ1) is 8.21. The molecule has 2 rings (SSSR count). The first-order valence-corrected chi connectivity index (χ1v) is 3.86. The highest BCUT2D eigenvalue weighted by Gasteiger charge is 2.12. The monoisotopic (exact) mass is 177 g/mol. The Morgan fingerprint density at radius 2 is 2.08 bits per heavy atom. The molecule has 5 nitrogen and oxygen atoms in total. The van der Waals surface area contributed by atoms with Crippen molar-refractivity contribution in [3.63, 3.8) is 0 Å². The predicted octanol–water partition coefficient (Wildman–Crippen LogP) is -1.28. The van der Waals surface area contributed by atoms with Gasteiger partial charge < -0.3 is 10.0 Å². The van der Waals surface area contributed by atoms with E-state index < -0.39 is 7.12 Å². The number of nitrogens with zero attached hydrogens (tertiary/aromatic N) is 3. The van der Waals surface area contributed by atoms with Gasteiger partial charge >= 0.3 is 7.12 Å². The van der Waals surface area contributed by atoms with Crippen LogP contribution in [0.15, 0.2) is 18.3 Å². The number of pyridine rings is 1. The van der Waals surface area contributed by atoms with Crippen LogP contribution in [0.5, 0.6) is 0 Å². The van der Waals surface area contributed by atoms with E-state index in [1.807, 2.05) is 0 Å². The Morgan fingerprint density at radius 1 is 1.31 bits per heavy atom. The van der Waals surface area contributed by atoms with E-state index in [-0.39, 0.29) is 0 Å². The Bertz CT molecular complexity index is 440. The molecule has 0 saturated heterocycles. The van der Waals surface area contributed by atoms with Crippen molar-refractivity contribution in [2.45, 2.75) is 6.92 Å². The van der Waals surface area contributed by atoms with E-state index in [1.54, 1.807) is 29.7 Å². The molecular weight excluding hydrogens is 169 g/mol. The highest BCUT2D eigenvalue weighted by Crippen LogP contribution is 1.99. The van der Waals surface area contributed by atoms with Crippen molar-refractivity contribution in [2.24, 2.45) is 0 Å². The van der Waals surface area contributed by atoms with Crippen molar-refractivity contribution in [3.8, 4) is 0 Å². The van der Waals surface area contributed by atoms with Gasteiger partial charge in [-0.15, -0.1) is 10.2 Å². The minimum atomic E-state index is -1.45. The van der Waals surface area contributed by atoms with Crippen LogP contribution in [-0.4, -0.2) is 31.8 Å². The van der Waals surface area contributed by atoms with Gasteiger partial charge in [-0.25, -0.2) is 0 Å². The minimum absolute atomic E-state index is 0.426. The zero-order valence-electron chi connectivity index (χ0n) is 7.05. The maximum absolute atomic E-state index is 8.91. The summed E-state index contributed by atoms with van der Waals surface area (Å²) >= 11 is 0. The molecule has 0 fully saturated rings. The molecule has 2 N–H and O–H groups in total. The lowest BCUT2D eigenvalue weighted by atomic mass is 9.82. The van der Waals surface area contributed by atoms with Crippen LogP contribution in [0.3, 0.4) is 0 Å². The van der Waals surface area contributed by atoms with Gasteiger partial charge in [0.15, 0.2) is 5.65 Å². The summed E-state index contributed by atoms with van der Waals surface area (Å²) in [6, 6.07) is 3.29. The molecule has 0 aliphatic heterocycles. The fourth-order valence-electron chi connectivity index (χ4n) is 1.17. The molecule has 0 atom stereocenters. The topological polar surface area (TPSA) is 70.7 Å². The van der Waals surface area contributed by atoms with Crippen LogP contribution >= 0.6 is 0 Å². The van der Waals surface area contributed by atoms with E-state index in [2.05, 4.69) is 10.2 Å². The van der Waals surface area contributed by atoms with Crippen LogP contribution in [0.4, 0.5) is 0 Å². The smallest absolute Gasteiger partial charge is 0.423 e. The van der Waals surface area contributed by atoms with Gasteiger partial charge in [0.05, 0.1) is 0 Å². The molecule has 0 unspecified atom stereocenters. The summed E-state index contributed by atoms with van der Waals surface area (Å²) in [7, 11) is -1.45. The second-order valence-electron chi connectivity index (χ2n) is 2.81. The number of hydrogen-bond donors (Lipinski definition) is 2. The number of aromatic nitrogens is 3. The number of rotatable bonds is 1. The first-order valence-electron chi connectivity index (χ1n) is 3.86. The van der Waals surface area contributed by atoms with E-state index >= 15 is 0 Å². The zero-order valence-corrected chi connectivity index (χ0v) is 7.05. The molecule has 0 bridgehead atoms. The lowest BCUT2D eigenvalue weighted by molar-refractivity contribution is 0.425. The molecule has 2 aromatic heterocycles. The molecule has 6 heteroatoms. The van der Waals surface area contributed by atoms with E-state index in [0.717, 1.165) is 5.82 Å². The Kier molecular flexibility index (Phi) is 1.79. The summed E-state index contributed by atoms with van der Waals surface area (Å²) in [5.74, 6) is 0.720. The number of hydrogen-bond acceptors (Lipinski definition) is 4. The number of fused-ring (bicyclic) bond motifs is 1. The molecule has 0 radical (unpaired) electrons. The lowest BCUT2D eigenvalue weighted by Gasteiger charge is -1.99. The summed E-state index contributed by atoms with van der Waals surface area (Å²) in [6.45, 7) is 1.80. The van der Waals surface area contributed by atoms with Gasteiger partial charge in [-0.05, 0) is 18.5 Å². The van der Waals surface area contributed by atoms with Gasteiger partial charge in [-0.3, -0.25) is 4.40 Å². The van der Waals surface area contributed by atoms with E-state index in [4.69, 9.17) is 10.0 Å².